The molecule has 1 atom stereocenters. The first-order valence-corrected chi connectivity index (χ1v) is 8.59. The van der Waals surface area contributed by atoms with Crippen LogP contribution in [0.3, 0.4) is 0 Å². The number of methoxy groups -OCH3 is 1. The molecule has 2 aromatic rings. The van der Waals surface area contributed by atoms with Crippen molar-refractivity contribution in [3.05, 3.63) is 53.5 Å². The standard InChI is InChI=1S/C17H20N2O4S.ClH/c1-22-16(20)8-15(11-3-5-14(24-2)6-4-11)19-17(21)12-7-13(9-18)23-10-12;/h3-7,10,15H,8-9,18H2,1-2H3,(H,19,21);1H. The zero-order chi connectivity index (χ0) is 17.5. The van der Waals surface area contributed by atoms with E-state index in [1.54, 1.807) is 17.8 Å². The maximum Gasteiger partial charge on any atom is 0.307 e. The van der Waals surface area contributed by atoms with Crippen LogP contribution in [-0.4, -0.2) is 25.2 Å². The number of hydrogen-bond acceptors (Lipinski definition) is 6. The van der Waals surface area contributed by atoms with E-state index in [1.807, 2.05) is 30.5 Å². The monoisotopic (exact) mass is 384 g/mol. The lowest BCUT2D eigenvalue weighted by molar-refractivity contribution is -0.141. The number of ether oxygens (including phenoxy) is 1. The van der Waals surface area contributed by atoms with Crippen LogP contribution < -0.4 is 11.1 Å². The van der Waals surface area contributed by atoms with Crippen LogP contribution in [0.4, 0.5) is 0 Å². The molecule has 1 aromatic heterocycles. The summed E-state index contributed by atoms with van der Waals surface area (Å²) in [6, 6.07) is 8.76. The number of furan rings is 1. The molecule has 0 aliphatic carbocycles. The number of nitrogens with one attached hydrogen (secondary N) is 1. The van der Waals surface area contributed by atoms with E-state index in [2.05, 4.69) is 5.32 Å². The summed E-state index contributed by atoms with van der Waals surface area (Å²) in [4.78, 5) is 25.2. The van der Waals surface area contributed by atoms with Crippen molar-refractivity contribution in [1.29, 1.82) is 0 Å². The second-order valence-corrected chi connectivity index (χ2v) is 5.96. The minimum Gasteiger partial charge on any atom is -0.469 e. The Balaban J connectivity index is 0.00000312. The lowest BCUT2D eigenvalue weighted by Crippen LogP contribution is -2.30. The molecule has 0 spiro atoms. The van der Waals surface area contributed by atoms with Gasteiger partial charge in [-0.2, -0.15) is 0 Å². The number of halogens is 1. The van der Waals surface area contributed by atoms with Gasteiger partial charge in [0.1, 0.15) is 12.0 Å². The number of esters is 1. The summed E-state index contributed by atoms with van der Waals surface area (Å²) >= 11 is 1.62. The van der Waals surface area contributed by atoms with E-state index >= 15 is 0 Å². The topological polar surface area (TPSA) is 94.6 Å². The van der Waals surface area contributed by atoms with Crippen molar-refractivity contribution >= 4 is 36.0 Å². The fourth-order valence-electron chi connectivity index (χ4n) is 2.19. The van der Waals surface area contributed by atoms with Crippen molar-refractivity contribution in [2.45, 2.75) is 23.9 Å². The number of hydrogen-bond donors (Lipinski definition) is 2. The first-order chi connectivity index (χ1) is 11.6. The van der Waals surface area contributed by atoms with E-state index in [1.165, 1.54) is 13.4 Å². The molecular weight excluding hydrogens is 364 g/mol. The summed E-state index contributed by atoms with van der Waals surface area (Å²) in [5.74, 6) is -0.209. The zero-order valence-electron chi connectivity index (χ0n) is 14.0. The molecule has 2 rings (SSSR count). The van der Waals surface area contributed by atoms with Crippen molar-refractivity contribution in [3.63, 3.8) is 0 Å². The Kier molecular flexibility index (Phi) is 8.54. The molecule has 0 bridgehead atoms. The second-order valence-electron chi connectivity index (χ2n) is 5.09. The SMILES string of the molecule is COC(=O)CC(NC(=O)c1coc(CN)c1)c1ccc(SC)cc1.Cl. The molecule has 1 heterocycles. The van der Waals surface area contributed by atoms with Crippen molar-refractivity contribution < 1.29 is 18.7 Å². The molecule has 1 aromatic carbocycles. The Morgan fingerprint density at radius 2 is 2.00 bits per heavy atom. The molecular formula is C17H21ClN2O4S. The highest BCUT2D eigenvalue weighted by atomic mass is 35.5. The van der Waals surface area contributed by atoms with Crippen LogP contribution in [0.5, 0.6) is 0 Å². The second kappa shape index (κ2) is 10.1. The Bertz CT molecular complexity index is 703. The molecule has 0 saturated heterocycles. The summed E-state index contributed by atoms with van der Waals surface area (Å²) in [5.41, 5.74) is 6.67. The van der Waals surface area contributed by atoms with Gasteiger partial charge in [-0.3, -0.25) is 9.59 Å². The molecule has 3 N–H and O–H groups in total. The summed E-state index contributed by atoms with van der Waals surface area (Å²) in [6.45, 7) is 0.217. The largest absolute Gasteiger partial charge is 0.469 e. The van der Waals surface area contributed by atoms with Gasteiger partial charge in [-0.1, -0.05) is 12.1 Å². The maximum atomic E-state index is 12.4. The van der Waals surface area contributed by atoms with Gasteiger partial charge < -0.3 is 20.2 Å². The molecule has 1 unspecified atom stereocenters. The summed E-state index contributed by atoms with van der Waals surface area (Å²) < 4.78 is 9.90. The molecule has 8 heteroatoms. The minimum atomic E-state index is -0.489. The van der Waals surface area contributed by atoms with Gasteiger partial charge in [-0.05, 0) is 30.0 Å². The minimum absolute atomic E-state index is 0. The Morgan fingerprint density at radius 3 is 2.52 bits per heavy atom. The average molecular weight is 385 g/mol. The third kappa shape index (κ3) is 5.81. The fourth-order valence-corrected chi connectivity index (χ4v) is 2.60. The third-order valence-electron chi connectivity index (χ3n) is 3.54. The van der Waals surface area contributed by atoms with Crippen LogP contribution in [0.2, 0.25) is 0 Å². The molecule has 0 radical (unpaired) electrons. The quantitative estimate of drug-likeness (QED) is 0.563. The predicted molar refractivity (Wildman–Crippen MR) is 98.9 cm³/mol. The Hall–Kier alpha value is -1.96. The summed E-state index contributed by atoms with van der Waals surface area (Å²) in [7, 11) is 1.32. The number of nitrogens with two attached hydrogens (primary N) is 1. The maximum absolute atomic E-state index is 12.4. The number of amides is 1. The number of benzene rings is 1. The molecule has 0 fully saturated rings. The summed E-state index contributed by atoms with van der Waals surface area (Å²) in [6.07, 6.45) is 3.38. The Labute approximate surface area is 156 Å². The molecule has 136 valence electrons. The van der Waals surface area contributed by atoms with Crippen LogP contribution in [-0.2, 0) is 16.1 Å². The van der Waals surface area contributed by atoms with Gasteiger partial charge in [0.05, 0.1) is 31.7 Å². The molecule has 25 heavy (non-hydrogen) atoms. The first kappa shape index (κ1) is 21.1. The van der Waals surface area contributed by atoms with Crippen LogP contribution in [0.25, 0.3) is 0 Å². The van der Waals surface area contributed by atoms with Crippen molar-refractivity contribution in [2.24, 2.45) is 5.73 Å². The van der Waals surface area contributed by atoms with Crippen LogP contribution >= 0.6 is 24.2 Å². The van der Waals surface area contributed by atoms with Gasteiger partial charge >= 0.3 is 5.97 Å². The zero-order valence-corrected chi connectivity index (χ0v) is 15.6. The third-order valence-corrected chi connectivity index (χ3v) is 4.28. The van der Waals surface area contributed by atoms with Gasteiger partial charge in [0, 0.05) is 4.90 Å². The fraction of sp³-hybridized carbons (Fsp3) is 0.294. The van der Waals surface area contributed by atoms with Gasteiger partial charge in [0.15, 0.2) is 0 Å². The Morgan fingerprint density at radius 1 is 1.32 bits per heavy atom. The van der Waals surface area contributed by atoms with Crippen molar-refractivity contribution in [3.8, 4) is 0 Å². The average Bonchev–Trinajstić information content (AvgIpc) is 3.10. The van der Waals surface area contributed by atoms with Gasteiger partial charge in [0.2, 0.25) is 0 Å². The highest BCUT2D eigenvalue weighted by Gasteiger charge is 2.20. The normalized spacial score (nSPS) is 11.3. The molecule has 0 saturated carbocycles. The van der Waals surface area contributed by atoms with E-state index in [0.717, 1.165) is 10.5 Å². The van der Waals surface area contributed by atoms with Gasteiger partial charge in [0.25, 0.3) is 5.91 Å². The van der Waals surface area contributed by atoms with Crippen LogP contribution in [0.1, 0.15) is 34.1 Å². The van der Waals surface area contributed by atoms with E-state index in [9.17, 15) is 9.59 Å². The van der Waals surface area contributed by atoms with Gasteiger partial charge in [-0.25, -0.2) is 0 Å². The highest BCUT2D eigenvalue weighted by Crippen LogP contribution is 2.22. The predicted octanol–water partition coefficient (Wildman–Crippen LogP) is 2.92. The van der Waals surface area contributed by atoms with E-state index in [0.29, 0.717) is 11.3 Å². The lowest BCUT2D eigenvalue weighted by Gasteiger charge is -2.18. The molecule has 6 nitrogen and oxygen atoms in total. The number of carbonyl (C=O) groups is 2. The molecule has 0 aliphatic heterocycles. The smallest absolute Gasteiger partial charge is 0.307 e. The van der Waals surface area contributed by atoms with E-state index in [-0.39, 0.29) is 31.3 Å². The number of carbonyl (C=O) groups excluding carboxylic acids is 2. The van der Waals surface area contributed by atoms with Crippen molar-refractivity contribution in [1.82, 2.24) is 5.32 Å². The number of thioether (sulfide) groups is 1. The lowest BCUT2D eigenvalue weighted by atomic mass is 10.0. The van der Waals surface area contributed by atoms with E-state index in [4.69, 9.17) is 14.9 Å². The van der Waals surface area contributed by atoms with Crippen molar-refractivity contribution in [2.75, 3.05) is 13.4 Å². The molecule has 0 aliphatic rings. The van der Waals surface area contributed by atoms with Crippen LogP contribution in [0.15, 0.2) is 45.9 Å². The van der Waals surface area contributed by atoms with Gasteiger partial charge in [-0.15, -0.1) is 24.2 Å². The van der Waals surface area contributed by atoms with E-state index < -0.39 is 12.0 Å². The first-order valence-electron chi connectivity index (χ1n) is 7.36. The number of rotatable bonds is 7. The molecule has 1 amide bonds. The highest BCUT2D eigenvalue weighted by molar-refractivity contribution is 7.98. The van der Waals surface area contributed by atoms with Crippen LogP contribution in [0, 0.1) is 0 Å². The summed E-state index contributed by atoms with van der Waals surface area (Å²) in [5, 5.41) is 2.84.